The SMILES string of the molecule is CCCCCCCOc1cc(OCCCCCCC)c(OCCCCCCC)c(OCCCCCCC)c1OCCCCCCC. The molecule has 0 aliphatic rings. The summed E-state index contributed by atoms with van der Waals surface area (Å²) in [5, 5.41) is 0. The fourth-order valence-corrected chi connectivity index (χ4v) is 5.61. The summed E-state index contributed by atoms with van der Waals surface area (Å²) in [7, 11) is 0. The molecule has 270 valence electrons. The molecule has 0 heterocycles. The van der Waals surface area contributed by atoms with Crippen molar-refractivity contribution < 1.29 is 23.7 Å². The Labute approximate surface area is 286 Å². The van der Waals surface area contributed by atoms with Crippen molar-refractivity contribution in [3.63, 3.8) is 0 Å². The van der Waals surface area contributed by atoms with Crippen LogP contribution in [0.25, 0.3) is 0 Å². The van der Waals surface area contributed by atoms with Gasteiger partial charge in [0.15, 0.2) is 11.5 Å². The van der Waals surface area contributed by atoms with E-state index in [1.807, 2.05) is 6.07 Å². The van der Waals surface area contributed by atoms with E-state index in [1.165, 1.54) is 128 Å². The summed E-state index contributed by atoms with van der Waals surface area (Å²) in [6.07, 6.45) is 29.9. The molecule has 0 spiro atoms. The van der Waals surface area contributed by atoms with E-state index in [0.29, 0.717) is 50.3 Å². The zero-order valence-corrected chi connectivity index (χ0v) is 31.3. The van der Waals surface area contributed by atoms with Gasteiger partial charge < -0.3 is 23.7 Å². The molecule has 0 fully saturated rings. The second kappa shape index (κ2) is 31.8. The topological polar surface area (TPSA) is 46.2 Å². The number of hydrogen-bond donors (Lipinski definition) is 0. The zero-order chi connectivity index (χ0) is 33.3. The Morgan fingerprint density at radius 3 is 0.804 bits per heavy atom. The highest BCUT2D eigenvalue weighted by Gasteiger charge is 2.25. The van der Waals surface area contributed by atoms with E-state index < -0.39 is 0 Å². The maximum absolute atomic E-state index is 6.63. The van der Waals surface area contributed by atoms with Gasteiger partial charge in [-0.3, -0.25) is 0 Å². The molecule has 0 aliphatic heterocycles. The molecule has 1 rings (SSSR count). The molecule has 5 heteroatoms. The largest absolute Gasteiger partial charge is 0.489 e. The molecule has 0 N–H and O–H groups in total. The number of benzene rings is 1. The Bertz CT molecular complexity index is 741. The molecule has 1 aromatic rings. The normalized spacial score (nSPS) is 11.2. The van der Waals surface area contributed by atoms with Crippen LogP contribution in [0.4, 0.5) is 0 Å². The minimum atomic E-state index is 0.639. The van der Waals surface area contributed by atoms with E-state index >= 15 is 0 Å². The van der Waals surface area contributed by atoms with Crippen LogP contribution in [-0.2, 0) is 0 Å². The minimum Gasteiger partial charge on any atom is -0.489 e. The Kier molecular flexibility index (Phi) is 29.2. The Balaban J connectivity index is 3.31. The van der Waals surface area contributed by atoms with E-state index in [1.54, 1.807) is 0 Å². The highest BCUT2D eigenvalue weighted by Crippen LogP contribution is 2.51. The smallest absolute Gasteiger partial charge is 0.211 e. The summed E-state index contributed by atoms with van der Waals surface area (Å²) in [4.78, 5) is 0. The highest BCUT2D eigenvalue weighted by molar-refractivity contribution is 5.65. The fourth-order valence-electron chi connectivity index (χ4n) is 5.61. The molecule has 46 heavy (non-hydrogen) atoms. The van der Waals surface area contributed by atoms with Gasteiger partial charge in [0.05, 0.1) is 33.0 Å². The third-order valence-corrected chi connectivity index (χ3v) is 8.62. The Morgan fingerprint density at radius 2 is 0.522 bits per heavy atom. The van der Waals surface area contributed by atoms with Crippen LogP contribution in [0.3, 0.4) is 0 Å². The molecule has 0 atom stereocenters. The summed E-state index contributed by atoms with van der Waals surface area (Å²) in [5.41, 5.74) is 0. The van der Waals surface area contributed by atoms with Crippen LogP contribution in [0.2, 0.25) is 0 Å². The number of hydrogen-bond acceptors (Lipinski definition) is 5. The molecule has 0 bridgehead atoms. The van der Waals surface area contributed by atoms with Crippen molar-refractivity contribution in [1.29, 1.82) is 0 Å². The van der Waals surface area contributed by atoms with Crippen LogP contribution < -0.4 is 23.7 Å². The van der Waals surface area contributed by atoms with Gasteiger partial charge in [0.1, 0.15) is 0 Å². The lowest BCUT2D eigenvalue weighted by Crippen LogP contribution is -2.10. The summed E-state index contributed by atoms with van der Waals surface area (Å²) >= 11 is 0. The number of ether oxygens (including phenoxy) is 5. The van der Waals surface area contributed by atoms with E-state index in [2.05, 4.69) is 34.6 Å². The first kappa shape index (κ1) is 42.2. The van der Waals surface area contributed by atoms with E-state index in [9.17, 15) is 0 Å². The highest BCUT2D eigenvalue weighted by atomic mass is 16.6. The Morgan fingerprint density at radius 1 is 0.283 bits per heavy atom. The van der Waals surface area contributed by atoms with E-state index in [4.69, 9.17) is 23.7 Å². The monoisotopic (exact) mass is 649 g/mol. The second-order valence-corrected chi connectivity index (χ2v) is 13.2. The maximum Gasteiger partial charge on any atom is 0.211 e. The van der Waals surface area contributed by atoms with Crippen molar-refractivity contribution in [1.82, 2.24) is 0 Å². The van der Waals surface area contributed by atoms with Gasteiger partial charge in [0, 0.05) is 6.07 Å². The molecule has 0 saturated heterocycles. The van der Waals surface area contributed by atoms with Crippen LogP contribution in [0, 0.1) is 0 Å². The standard InChI is InChI=1S/C41H76O5/c1-6-11-16-21-26-31-42-37-36-38(43-32-27-22-17-12-7-2)40(45-34-29-24-19-14-9-4)41(46-35-30-25-20-15-10-5)39(37)44-33-28-23-18-13-8-3/h36H,6-35H2,1-5H3. The predicted octanol–water partition coefficient (Wildman–Crippen LogP) is 13.4. The molecule has 1 aromatic carbocycles. The summed E-state index contributed by atoms with van der Waals surface area (Å²) in [6, 6.07) is 2.03. The molecular weight excluding hydrogens is 572 g/mol. The molecular formula is C41H76O5. The van der Waals surface area contributed by atoms with Gasteiger partial charge >= 0.3 is 0 Å². The third kappa shape index (κ3) is 21.2. The second-order valence-electron chi connectivity index (χ2n) is 13.2. The van der Waals surface area contributed by atoms with Gasteiger partial charge in [-0.05, 0) is 32.1 Å². The average Bonchev–Trinajstić information content (AvgIpc) is 3.06. The lowest BCUT2D eigenvalue weighted by molar-refractivity contribution is 0.207. The van der Waals surface area contributed by atoms with Crippen molar-refractivity contribution in [2.75, 3.05) is 33.0 Å². The van der Waals surface area contributed by atoms with Gasteiger partial charge in [-0.15, -0.1) is 0 Å². The van der Waals surface area contributed by atoms with Crippen molar-refractivity contribution in [3.05, 3.63) is 6.07 Å². The summed E-state index contributed by atoms with van der Waals surface area (Å²) in [5.74, 6) is 3.56. The summed E-state index contributed by atoms with van der Waals surface area (Å²) < 4.78 is 32.8. The minimum absolute atomic E-state index is 0.639. The van der Waals surface area contributed by atoms with E-state index in [0.717, 1.165) is 43.6 Å². The first-order valence-corrected chi connectivity index (χ1v) is 20.1. The first-order valence-electron chi connectivity index (χ1n) is 20.1. The van der Waals surface area contributed by atoms with Gasteiger partial charge in [-0.2, -0.15) is 0 Å². The van der Waals surface area contributed by atoms with Crippen molar-refractivity contribution in [3.8, 4) is 28.7 Å². The molecule has 0 aliphatic carbocycles. The zero-order valence-electron chi connectivity index (χ0n) is 31.3. The average molecular weight is 649 g/mol. The maximum atomic E-state index is 6.63. The van der Waals surface area contributed by atoms with Crippen LogP contribution >= 0.6 is 0 Å². The lowest BCUT2D eigenvalue weighted by atomic mass is 10.1. The van der Waals surface area contributed by atoms with Crippen LogP contribution in [0.1, 0.15) is 195 Å². The van der Waals surface area contributed by atoms with Gasteiger partial charge in [0.25, 0.3) is 0 Å². The molecule has 0 amide bonds. The van der Waals surface area contributed by atoms with Crippen LogP contribution in [0.5, 0.6) is 28.7 Å². The molecule has 0 aromatic heterocycles. The Hall–Kier alpha value is -1.78. The van der Waals surface area contributed by atoms with Gasteiger partial charge in [-0.1, -0.05) is 163 Å². The molecule has 0 unspecified atom stereocenters. The van der Waals surface area contributed by atoms with Gasteiger partial charge in [0.2, 0.25) is 17.2 Å². The van der Waals surface area contributed by atoms with Crippen molar-refractivity contribution in [2.24, 2.45) is 0 Å². The summed E-state index contributed by atoms with van der Waals surface area (Å²) in [6.45, 7) is 14.6. The first-order chi connectivity index (χ1) is 22.7. The van der Waals surface area contributed by atoms with Crippen LogP contribution in [0.15, 0.2) is 6.07 Å². The molecule has 0 radical (unpaired) electrons. The number of unbranched alkanes of at least 4 members (excludes halogenated alkanes) is 20. The van der Waals surface area contributed by atoms with Gasteiger partial charge in [-0.25, -0.2) is 0 Å². The third-order valence-electron chi connectivity index (χ3n) is 8.62. The van der Waals surface area contributed by atoms with Crippen molar-refractivity contribution >= 4 is 0 Å². The predicted molar refractivity (Wildman–Crippen MR) is 198 cm³/mol. The fraction of sp³-hybridized carbons (Fsp3) is 0.854. The quantitative estimate of drug-likeness (QED) is 0.0685. The lowest BCUT2D eigenvalue weighted by Gasteiger charge is -2.23. The van der Waals surface area contributed by atoms with Crippen LogP contribution in [-0.4, -0.2) is 33.0 Å². The number of rotatable bonds is 35. The van der Waals surface area contributed by atoms with Crippen molar-refractivity contribution in [2.45, 2.75) is 195 Å². The molecule has 5 nitrogen and oxygen atoms in total. The van der Waals surface area contributed by atoms with E-state index in [-0.39, 0.29) is 0 Å². The molecule has 0 saturated carbocycles.